The molecule has 0 aliphatic carbocycles. The molecule has 0 bridgehead atoms. The molecule has 8 heteroatoms. The van der Waals surface area contributed by atoms with Gasteiger partial charge in [0.2, 0.25) is 0 Å². The molecule has 3 rings (SSSR count). The minimum Gasteiger partial charge on any atom is -0.495 e. The Kier molecular flexibility index (Phi) is 3.84. The van der Waals surface area contributed by atoms with Crippen molar-refractivity contribution in [3.8, 4) is 5.75 Å². The van der Waals surface area contributed by atoms with Crippen LogP contribution >= 0.6 is 0 Å². The monoisotopic (exact) mass is 348 g/mol. The minimum absolute atomic E-state index is 0.00743. The summed E-state index contributed by atoms with van der Waals surface area (Å²) < 4.78 is 39.2. The van der Waals surface area contributed by atoms with Gasteiger partial charge in [-0.25, -0.2) is 13.2 Å². The fourth-order valence-electron chi connectivity index (χ4n) is 2.37. The number of hydrogen-bond acceptors (Lipinski definition) is 5. The molecule has 126 valence electrons. The van der Waals surface area contributed by atoms with E-state index in [0.29, 0.717) is 17.0 Å². The molecule has 0 unspecified atom stereocenters. The standard InChI is InChI=1S/C16H16N2O5S/c1-10-4-6-12(14(8-10)22-3)17-24(20,21)11-5-7-13-15(9-11)23-16(19)18(13)2/h4-9,17H,1-3H3. The molecule has 0 atom stereocenters. The van der Waals surface area contributed by atoms with E-state index in [0.717, 1.165) is 5.56 Å². The van der Waals surface area contributed by atoms with Gasteiger partial charge < -0.3 is 9.15 Å². The van der Waals surface area contributed by atoms with Crippen LogP contribution in [-0.4, -0.2) is 20.1 Å². The summed E-state index contributed by atoms with van der Waals surface area (Å²) in [7, 11) is -0.832. The third-order valence-electron chi connectivity index (χ3n) is 3.68. The topological polar surface area (TPSA) is 90.5 Å². The van der Waals surface area contributed by atoms with E-state index < -0.39 is 15.8 Å². The van der Waals surface area contributed by atoms with Crippen molar-refractivity contribution in [3.63, 3.8) is 0 Å². The summed E-state index contributed by atoms with van der Waals surface area (Å²) in [4.78, 5) is 11.5. The summed E-state index contributed by atoms with van der Waals surface area (Å²) in [6.07, 6.45) is 0. The van der Waals surface area contributed by atoms with E-state index in [-0.39, 0.29) is 10.5 Å². The maximum absolute atomic E-state index is 12.6. The summed E-state index contributed by atoms with van der Waals surface area (Å²) >= 11 is 0. The third kappa shape index (κ3) is 2.76. The van der Waals surface area contributed by atoms with Crippen LogP contribution in [-0.2, 0) is 17.1 Å². The maximum Gasteiger partial charge on any atom is 0.419 e. The van der Waals surface area contributed by atoms with Gasteiger partial charge in [-0.2, -0.15) is 0 Å². The summed E-state index contributed by atoms with van der Waals surface area (Å²) in [5, 5.41) is 0. The van der Waals surface area contributed by atoms with Crippen molar-refractivity contribution < 1.29 is 17.6 Å². The van der Waals surface area contributed by atoms with Crippen LogP contribution in [0.2, 0.25) is 0 Å². The zero-order valence-corrected chi connectivity index (χ0v) is 14.2. The molecule has 24 heavy (non-hydrogen) atoms. The average Bonchev–Trinajstić information content (AvgIpc) is 2.83. The lowest BCUT2D eigenvalue weighted by Gasteiger charge is -2.12. The molecule has 3 aromatic rings. The first-order valence-corrected chi connectivity index (χ1v) is 8.57. The van der Waals surface area contributed by atoms with Gasteiger partial charge in [0, 0.05) is 13.1 Å². The lowest BCUT2D eigenvalue weighted by atomic mass is 10.2. The maximum atomic E-state index is 12.6. The number of anilines is 1. The van der Waals surface area contributed by atoms with E-state index >= 15 is 0 Å². The van der Waals surface area contributed by atoms with Gasteiger partial charge in [-0.05, 0) is 36.8 Å². The van der Waals surface area contributed by atoms with Gasteiger partial charge in [0.1, 0.15) is 5.75 Å². The number of aryl methyl sites for hydroxylation is 2. The molecular formula is C16H16N2O5S. The van der Waals surface area contributed by atoms with E-state index in [1.165, 1.54) is 29.9 Å². The predicted molar refractivity (Wildman–Crippen MR) is 90.0 cm³/mol. The summed E-state index contributed by atoms with van der Waals surface area (Å²) in [6.45, 7) is 1.88. The smallest absolute Gasteiger partial charge is 0.419 e. The number of hydrogen-bond donors (Lipinski definition) is 1. The molecule has 0 spiro atoms. The van der Waals surface area contributed by atoms with Gasteiger partial charge in [-0.15, -0.1) is 0 Å². The second-order valence-corrected chi connectivity index (χ2v) is 7.05. The minimum atomic E-state index is -3.86. The Balaban J connectivity index is 2.03. The number of oxazole rings is 1. The summed E-state index contributed by atoms with van der Waals surface area (Å²) in [6, 6.07) is 9.41. The quantitative estimate of drug-likeness (QED) is 0.781. The number of ether oxygens (including phenoxy) is 1. The molecule has 1 N–H and O–H groups in total. The SMILES string of the molecule is COc1cc(C)ccc1NS(=O)(=O)c1ccc2c(c1)oc(=O)n2C. The Morgan fingerprint density at radius 1 is 1.17 bits per heavy atom. The molecule has 0 aliphatic rings. The van der Waals surface area contributed by atoms with Gasteiger partial charge in [0.15, 0.2) is 5.58 Å². The van der Waals surface area contributed by atoms with Crippen LogP contribution in [0.1, 0.15) is 5.56 Å². The number of nitrogens with one attached hydrogen (secondary N) is 1. The fraction of sp³-hybridized carbons (Fsp3) is 0.188. The van der Waals surface area contributed by atoms with Crippen molar-refractivity contribution >= 4 is 26.8 Å². The molecule has 0 amide bonds. The normalized spacial score (nSPS) is 11.6. The van der Waals surface area contributed by atoms with Crippen LogP contribution in [0.3, 0.4) is 0 Å². The molecule has 2 aromatic carbocycles. The Morgan fingerprint density at radius 2 is 1.92 bits per heavy atom. The number of rotatable bonds is 4. The predicted octanol–water partition coefficient (Wildman–Crippen LogP) is 2.25. The molecule has 1 heterocycles. The van der Waals surface area contributed by atoms with Crippen molar-refractivity contribution in [3.05, 3.63) is 52.5 Å². The first kappa shape index (κ1) is 16.1. The first-order valence-electron chi connectivity index (χ1n) is 7.09. The number of aromatic nitrogens is 1. The van der Waals surface area contributed by atoms with Gasteiger partial charge in [-0.3, -0.25) is 9.29 Å². The van der Waals surface area contributed by atoms with E-state index in [4.69, 9.17) is 9.15 Å². The molecule has 0 aliphatic heterocycles. The van der Waals surface area contributed by atoms with Crippen molar-refractivity contribution in [2.75, 3.05) is 11.8 Å². The van der Waals surface area contributed by atoms with E-state index in [9.17, 15) is 13.2 Å². The average molecular weight is 348 g/mol. The first-order chi connectivity index (χ1) is 11.3. The molecule has 0 saturated carbocycles. The highest BCUT2D eigenvalue weighted by molar-refractivity contribution is 7.92. The van der Waals surface area contributed by atoms with E-state index in [1.807, 2.05) is 6.92 Å². The molecule has 1 aromatic heterocycles. The van der Waals surface area contributed by atoms with Crippen molar-refractivity contribution in [1.82, 2.24) is 4.57 Å². The number of sulfonamides is 1. The Bertz CT molecular complexity index is 1080. The Morgan fingerprint density at radius 3 is 2.62 bits per heavy atom. The van der Waals surface area contributed by atoms with Crippen molar-refractivity contribution in [2.45, 2.75) is 11.8 Å². The van der Waals surface area contributed by atoms with Crippen LogP contribution in [0.4, 0.5) is 5.69 Å². The molecule has 0 fully saturated rings. The second kappa shape index (κ2) is 5.72. The van der Waals surface area contributed by atoms with Crippen LogP contribution in [0.25, 0.3) is 11.1 Å². The van der Waals surface area contributed by atoms with Gasteiger partial charge in [0.05, 0.1) is 23.2 Å². The van der Waals surface area contributed by atoms with Crippen molar-refractivity contribution in [2.24, 2.45) is 7.05 Å². The highest BCUT2D eigenvalue weighted by atomic mass is 32.2. The van der Waals surface area contributed by atoms with Crippen LogP contribution < -0.4 is 15.2 Å². The lowest BCUT2D eigenvalue weighted by Crippen LogP contribution is -2.13. The van der Waals surface area contributed by atoms with Gasteiger partial charge >= 0.3 is 5.76 Å². The Hall–Kier alpha value is -2.74. The third-order valence-corrected chi connectivity index (χ3v) is 5.04. The number of methoxy groups -OCH3 is 1. The lowest BCUT2D eigenvalue weighted by molar-refractivity contribution is 0.416. The molecule has 7 nitrogen and oxygen atoms in total. The van der Waals surface area contributed by atoms with Gasteiger partial charge in [-0.1, -0.05) is 6.07 Å². The second-order valence-electron chi connectivity index (χ2n) is 5.37. The Labute approximate surface area is 138 Å². The van der Waals surface area contributed by atoms with Crippen LogP contribution in [0, 0.1) is 6.92 Å². The molecular weight excluding hydrogens is 332 g/mol. The van der Waals surface area contributed by atoms with Gasteiger partial charge in [0.25, 0.3) is 10.0 Å². The van der Waals surface area contributed by atoms with E-state index in [1.54, 1.807) is 25.2 Å². The summed E-state index contributed by atoms with van der Waals surface area (Å²) in [5.41, 5.74) is 2.01. The number of fused-ring (bicyclic) bond motifs is 1. The summed E-state index contributed by atoms with van der Waals surface area (Å²) in [5.74, 6) is -0.126. The highest BCUT2D eigenvalue weighted by Crippen LogP contribution is 2.28. The zero-order chi connectivity index (χ0) is 17.5. The zero-order valence-electron chi connectivity index (χ0n) is 13.4. The van der Waals surface area contributed by atoms with Crippen LogP contribution in [0.15, 0.2) is 50.5 Å². The largest absolute Gasteiger partial charge is 0.495 e. The fourth-order valence-corrected chi connectivity index (χ4v) is 3.45. The van der Waals surface area contributed by atoms with Crippen molar-refractivity contribution in [1.29, 1.82) is 0 Å². The number of nitrogens with zero attached hydrogens (tertiary/aromatic N) is 1. The highest BCUT2D eigenvalue weighted by Gasteiger charge is 2.18. The van der Waals surface area contributed by atoms with Crippen LogP contribution in [0.5, 0.6) is 5.75 Å². The number of benzene rings is 2. The van der Waals surface area contributed by atoms with E-state index in [2.05, 4.69) is 4.72 Å². The molecule has 0 saturated heterocycles. The molecule has 0 radical (unpaired) electrons.